The van der Waals surface area contributed by atoms with Gasteiger partial charge in [0.1, 0.15) is 0 Å². The smallest absolute Gasteiger partial charge is 0.363 e. The number of hydrogen-bond acceptors (Lipinski definition) is 6. The van der Waals surface area contributed by atoms with Gasteiger partial charge in [0.25, 0.3) is 0 Å². The predicted molar refractivity (Wildman–Crippen MR) is 126 cm³/mol. The van der Waals surface area contributed by atoms with Gasteiger partial charge in [-0.25, -0.2) is 14.6 Å². The Balaban J connectivity index is 1.54. The fourth-order valence-electron chi connectivity index (χ4n) is 3.17. The van der Waals surface area contributed by atoms with E-state index in [0.29, 0.717) is 40.8 Å². The number of cyclic esters (lactones) is 1. The van der Waals surface area contributed by atoms with Crippen LogP contribution in [-0.4, -0.2) is 24.4 Å². The van der Waals surface area contributed by atoms with Crippen LogP contribution >= 0.6 is 11.6 Å². The summed E-state index contributed by atoms with van der Waals surface area (Å²) in [6, 6.07) is 21.0. The number of esters is 2. The highest BCUT2D eigenvalue weighted by Gasteiger charge is 2.23. The highest BCUT2D eigenvalue weighted by molar-refractivity contribution is 6.30. The Morgan fingerprint density at radius 1 is 1.03 bits per heavy atom. The molecule has 0 amide bonds. The van der Waals surface area contributed by atoms with Gasteiger partial charge in [-0.05, 0) is 60.5 Å². The monoisotopic (exact) mass is 461 g/mol. The topological polar surface area (TPSA) is 74.2 Å². The quantitative estimate of drug-likeness (QED) is 0.264. The molecule has 7 heteroatoms. The zero-order valence-electron chi connectivity index (χ0n) is 17.8. The van der Waals surface area contributed by atoms with E-state index in [1.165, 1.54) is 0 Å². The van der Waals surface area contributed by atoms with E-state index in [1.54, 1.807) is 48.5 Å². The zero-order valence-corrected chi connectivity index (χ0v) is 18.5. The molecule has 1 aliphatic rings. The van der Waals surface area contributed by atoms with Crippen LogP contribution in [-0.2, 0) is 16.0 Å². The maximum absolute atomic E-state index is 12.5. The third-order valence-corrected chi connectivity index (χ3v) is 4.97. The van der Waals surface area contributed by atoms with E-state index in [4.69, 9.17) is 25.8 Å². The molecule has 0 unspecified atom stereocenters. The van der Waals surface area contributed by atoms with E-state index in [0.717, 1.165) is 5.56 Å². The molecule has 0 N–H and O–H groups in total. The van der Waals surface area contributed by atoms with Crippen molar-refractivity contribution in [2.24, 2.45) is 4.99 Å². The molecule has 0 bridgehead atoms. The molecule has 33 heavy (non-hydrogen) atoms. The molecule has 0 saturated heterocycles. The second-order valence-electron chi connectivity index (χ2n) is 7.12. The van der Waals surface area contributed by atoms with Crippen molar-refractivity contribution in [1.29, 1.82) is 0 Å². The molecular weight excluding hydrogens is 442 g/mol. The lowest BCUT2D eigenvalue weighted by molar-refractivity contribution is -0.130. The molecule has 0 radical (unpaired) electrons. The number of rotatable bonds is 7. The lowest BCUT2D eigenvalue weighted by atomic mass is 10.1. The van der Waals surface area contributed by atoms with Crippen molar-refractivity contribution in [3.05, 3.63) is 100 Å². The third kappa shape index (κ3) is 5.67. The van der Waals surface area contributed by atoms with Gasteiger partial charge in [0, 0.05) is 11.4 Å². The van der Waals surface area contributed by atoms with Gasteiger partial charge in [-0.1, -0.05) is 48.0 Å². The molecule has 4 rings (SSSR count). The molecule has 0 saturated carbocycles. The van der Waals surface area contributed by atoms with E-state index in [2.05, 4.69) is 4.99 Å². The van der Waals surface area contributed by atoms with Gasteiger partial charge >= 0.3 is 11.9 Å². The van der Waals surface area contributed by atoms with Crippen LogP contribution in [0.15, 0.2) is 83.5 Å². The zero-order chi connectivity index (χ0) is 23.2. The standard InChI is InChI=1S/C26H20ClNO5/c1-2-31-23-15-18(8-13-22(23)32-25(29)19-9-11-20(27)12-10-19)14-21-26(30)33-24(28-21)16-17-6-4-3-5-7-17/h3-15H,2,16H2,1H3/b21-14+. The summed E-state index contributed by atoms with van der Waals surface area (Å²) in [7, 11) is 0. The summed E-state index contributed by atoms with van der Waals surface area (Å²) < 4.78 is 16.4. The van der Waals surface area contributed by atoms with Crippen molar-refractivity contribution in [3.63, 3.8) is 0 Å². The SMILES string of the molecule is CCOc1cc(/C=C2/N=C(Cc3ccccc3)OC2=O)ccc1OC(=O)c1ccc(Cl)cc1. The van der Waals surface area contributed by atoms with Crippen LogP contribution in [0.3, 0.4) is 0 Å². The largest absolute Gasteiger partial charge is 0.490 e. The number of hydrogen-bond donors (Lipinski definition) is 0. The number of halogens is 1. The fourth-order valence-corrected chi connectivity index (χ4v) is 3.30. The summed E-state index contributed by atoms with van der Waals surface area (Å²) in [6.07, 6.45) is 2.03. The Bertz CT molecular complexity index is 1230. The molecule has 166 valence electrons. The fraction of sp³-hybridized carbons (Fsp3) is 0.115. The average Bonchev–Trinajstić information content (AvgIpc) is 3.15. The lowest BCUT2D eigenvalue weighted by Crippen LogP contribution is -2.09. The number of benzene rings is 3. The van der Waals surface area contributed by atoms with Crippen LogP contribution < -0.4 is 9.47 Å². The first-order valence-corrected chi connectivity index (χ1v) is 10.7. The number of ether oxygens (including phenoxy) is 3. The first kappa shape index (κ1) is 22.3. The van der Waals surface area contributed by atoms with Crippen LogP contribution in [0.25, 0.3) is 6.08 Å². The maximum atomic E-state index is 12.5. The maximum Gasteiger partial charge on any atom is 0.363 e. The molecule has 0 aliphatic carbocycles. The molecule has 3 aromatic rings. The van der Waals surface area contributed by atoms with Crippen LogP contribution in [0.4, 0.5) is 0 Å². The Morgan fingerprint density at radius 2 is 1.79 bits per heavy atom. The second-order valence-corrected chi connectivity index (χ2v) is 7.56. The van der Waals surface area contributed by atoms with Crippen LogP contribution in [0.2, 0.25) is 5.02 Å². The predicted octanol–water partition coefficient (Wildman–Crippen LogP) is 5.50. The molecule has 3 aromatic carbocycles. The van der Waals surface area contributed by atoms with Crippen molar-refractivity contribution >= 4 is 35.5 Å². The van der Waals surface area contributed by atoms with Crippen LogP contribution in [0.5, 0.6) is 11.5 Å². The molecule has 0 aromatic heterocycles. The van der Waals surface area contributed by atoms with E-state index in [-0.39, 0.29) is 11.4 Å². The van der Waals surface area contributed by atoms with Gasteiger partial charge < -0.3 is 14.2 Å². The van der Waals surface area contributed by atoms with Crippen LogP contribution in [0.1, 0.15) is 28.4 Å². The summed E-state index contributed by atoms with van der Waals surface area (Å²) in [6.45, 7) is 2.19. The average molecular weight is 462 g/mol. The van der Waals surface area contributed by atoms with E-state index in [9.17, 15) is 9.59 Å². The Hall–Kier alpha value is -3.90. The minimum Gasteiger partial charge on any atom is -0.490 e. The molecule has 0 fully saturated rings. The first-order chi connectivity index (χ1) is 16.0. The molecule has 6 nitrogen and oxygen atoms in total. The molecular formula is C26H20ClNO5. The molecule has 0 atom stereocenters. The Kier molecular flexibility index (Phi) is 6.86. The number of aliphatic imine (C=N–C) groups is 1. The lowest BCUT2D eigenvalue weighted by Gasteiger charge is -2.11. The van der Waals surface area contributed by atoms with Crippen LogP contribution in [0, 0.1) is 0 Å². The van der Waals surface area contributed by atoms with Gasteiger partial charge in [0.05, 0.1) is 12.2 Å². The summed E-state index contributed by atoms with van der Waals surface area (Å²) in [5.41, 5.74) is 2.20. The second kappa shape index (κ2) is 10.1. The van der Waals surface area contributed by atoms with Gasteiger partial charge in [-0.3, -0.25) is 0 Å². The van der Waals surface area contributed by atoms with E-state index >= 15 is 0 Å². The number of carbonyl (C=O) groups excluding carboxylic acids is 2. The summed E-state index contributed by atoms with van der Waals surface area (Å²) in [5, 5.41) is 0.527. The number of carbonyl (C=O) groups is 2. The number of nitrogens with zero attached hydrogens (tertiary/aromatic N) is 1. The third-order valence-electron chi connectivity index (χ3n) is 4.72. The van der Waals surface area contributed by atoms with Crippen molar-refractivity contribution in [1.82, 2.24) is 0 Å². The Morgan fingerprint density at radius 3 is 2.52 bits per heavy atom. The normalized spacial score (nSPS) is 14.1. The molecule has 0 spiro atoms. The summed E-state index contributed by atoms with van der Waals surface area (Å²) >= 11 is 5.87. The van der Waals surface area contributed by atoms with Crippen molar-refractivity contribution in [2.45, 2.75) is 13.3 Å². The van der Waals surface area contributed by atoms with Gasteiger partial charge in [0.2, 0.25) is 5.90 Å². The molecule has 1 aliphatic heterocycles. The van der Waals surface area contributed by atoms with Crippen molar-refractivity contribution in [3.8, 4) is 11.5 Å². The van der Waals surface area contributed by atoms with Crippen molar-refractivity contribution < 1.29 is 23.8 Å². The van der Waals surface area contributed by atoms with E-state index < -0.39 is 11.9 Å². The first-order valence-electron chi connectivity index (χ1n) is 10.3. The summed E-state index contributed by atoms with van der Waals surface area (Å²) in [4.78, 5) is 29.1. The molecule has 1 heterocycles. The van der Waals surface area contributed by atoms with Crippen molar-refractivity contribution in [2.75, 3.05) is 6.61 Å². The highest BCUT2D eigenvalue weighted by Crippen LogP contribution is 2.31. The minimum absolute atomic E-state index is 0.189. The van der Waals surface area contributed by atoms with Gasteiger partial charge in [-0.15, -0.1) is 0 Å². The van der Waals surface area contributed by atoms with Gasteiger partial charge in [0.15, 0.2) is 17.2 Å². The Labute approximate surface area is 196 Å². The minimum atomic E-state index is -0.534. The van der Waals surface area contributed by atoms with E-state index in [1.807, 2.05) is 37.3 Å². The summed E-state index contributed by atoms with van der Waals surface area (Å²) in [5.74, 6) is -0.0726. The van der Waals surface area contributed by atoms with Gasteiger partial charge in [-0.2, -0.15) is 0 Å². The highest BCUT2D eigenvalue weighted by atomic mass is 35.5.